The van der Waals surface area contributed by atoms with E-state index in [1.165, 1.54) is 18.2 Å². The van der Waals surface area contributed by atoms with Crippen molar-refractivity contribution in [2.45, 2.75) is 0 Å². The molecule has 0 bridgehead atoms. The van der Waals surface area contributed by atoms with E-state index in [9.17, 15) is 9.90 Å². The zero-order valence-electron chi connectivity index (χ0n) is 15.4. The normalized spacial score (nSPS) is 10.8. The number of aromatic nitrogens is 1. The monoisotopic (exact) mass is 394 g/mol. The number of carbonyl (C=O) groups excluding carboxylic acids is 1. The van der Waals surface area contributed by atoms with E-state index in [4.69, 9.17) is 11.6 Å². The molecule has 0 saturated heterocycles. The Balaban J connectivity index is 1.70. The third-order valence-corrected chi connectivity index (χ3v) is 4.36. The van der Waals surface area contributed by atoms with Gasteiger partial charge in [-0.1, -0.05) is 23.7 Å². The van der Waals surface area contributed by atoms with Gasteiger partial charge in [-0.15, -0.1) is 0 Å². The number of hydrogen-bond acceptors (Lipinski definition) is 5. The molecule has 0 aliphatic rings. The Bertz CT molecular complexity index is 1020. The Labute approximate surface area is 168 Å². The maximum atomic E-state index is 12.1. The number of halogens is 1. The number of benzene rings is 2. The molecule has 28 heavy (non-hydrogen) atoms. The first kappa shape index (κ1) is 19.4. The summed E-state index contributed by atoms with van der Waals surface area (Å²) in [6, 6.07) is 16.0. The lowest BCUT2D eigenvalue weighted by atomic mass is 10.1. The molecule has 0 fully saturated rings. The minimum absolute atomic E-state index is 0.0790. The highest BCUT2D eigenvalue weighted by Gasteiger charge is 2.07. The molecule has 3 aromatic rings. The Morgan fingerprint density at radius 2 is 1.89 bits per heavy atom. The van der Waals surface area contributed by atoms with Gasteiger partial charge in [-0.05, 0) is 48.0 Å². The molecular weight excluding hydrogens is 376 g/mol. The van der Waals surface area contributed by atoms with Crippen molar-refractivity contribution in [3.05, 3.63) is 76.9 Å². The molecule has 2 aromatic carbocycles. The molecule has 3 rings (SSSR count). The highest BCUT2D eigenvalue weighted by Crippen LogP contribution is 2.23. The van der Waals surface area contributed by atoms with Crippen LogP contribution in [-0.4, -0.2) is 36.3 Å². The Kier molecular flexibility index (Phi) is 5.91. The first-order valence-corrected chi connectivity index (χ1v) is 8.87. The van der Waals surface area contributed by atoms with Gasteiger partial charge in [0.05, 0.1) is 16.9 Å². The number of aromatic hydroxyl groups is 1. The summed E-state index contributed by atoms with van der Waals surface area (Å²) >= 11 is 5.81. The van der Waals surface area contributed by atoms with E-state index in [-0.39, 0.29) is 10.8 Å². The average Bonchev–Trinajstić information content (AvgIpc) is 2.70. The number of hydrogen-bond donors (Lipinski definition) is 2. The first-order chi connectivity index (χ1) is 13.4. The number of nitrogens with one attached hydrogen (secondary N) is 1. The fourth-order valence-corrected chi connectivity index (χ4v) is 2.67. The van der Waals surface area contributed by atoms with Crippen molar-refractivity contribution in [1.82, 2.24) is 10.4 Å². The lowest BCUT2D eigenvalue weighted by Crippen LogP contribution is -2.17. The lowest BCUT2D eigenvalue weighted by molar-refractivity contribution is 0.0955. The first-order valence-electron chi connectivity index (χ1n) is 8.50. The summed E-state index contributed by atoms with van der Waals surface area (Å²) in [4.78, 5) is 18.5. The van der Waals surface area contributed by atoms with Crippen molar-refractivity contribution in [3.63, 3.8) is 0 Å². The van der Waals surface area contributed by atoms with Gasteiger partial charge in [-0.25, -0.2) is 5.43 Å². The maximum absolute atomic E-state index is 12.1. The maximum Gasteiger partial charge on any atom is 0.271 e. The fourth-order valence-electron chi connectivity index (χ4n) is 2.49. The highest BCUT2D eigenvalue weighted by atomic mass is 35.5. The molecule has 6 nitrogen and oxygen atoms in total. The number of anilines is 1. The Morgan fingerprint density at radius 3 is 2.57 bits per heavy atom. The van der Waals surface area contributed by atoms with Crippen LogP contribution in [0.2, 0.25) is 5.02 Å². The van der Waals surface area contributed by atoms with Crippen molar-refractivity contribution in [3.8, 4) is 17.0 Å². The van der Waals surface area contributed by atoms with Crippen LogP contribution in [0.1, 0.15) is 15.9 Å². The number of rotatable bonds is 5. The van der Waals surface area contributed by atoms with Crippen LogP contribution in [0, 0.1) is 0 Å². The zero-order valence-corrected chi connectivity index (χ0v) is 16.2. The van der Waals surface area contributed by atoms with Gasteiger partial charge in [-0.2, -0.15) is 5.10 Å². The van der Waals surface area contributed by atoms with Crippen molar-refractivity contribution < 1.29 is 9.90 Å². The number of pyridine rings is 1. The molecule has 1 aromatic heterocycles. The van der Waals surface area contributed by atoms with Gasteiger partial charge >= 0.3 is 0 Å². The minimum atomic E-state index is -0.424. The van der Waals surface area contributed by atoms with E-state index >= 15 is 0 Å². The van der Waals surface area contributed by atoms with Gasteiger partial charge in [0.15, 0.2) is 0 Å². The topological polar surface area (TPSA) is 77.8 Å². The molecule has 1 heterocycles. The summed E-state index contributed by atoms with van der Waals surface area (Å²) in [6.07, 6.45) is 3.23. The molecule has 0 radical (unpaired) electrons. The number of carbonyl (C=O) groups is 1. The standard InChI is InChI=1S/C21H19ClN4O2/c1-26(2)17-6-3-15(4-7-17)19-11-14(9-10-23-19)13-24-25-21(28)16-5-8-20(27)18(22)12-16/h3-13,27H,1-2H3,(H,25,28)/b24-13+. The van der Waals surface area contributed by atoms with E-state index in [1.54, 1.807) is 18.5 Å². The fraction of sp³-hybridized carbons (Fsp3) is 0.0952. The van der Waals surface area contributed by atoms with Gasteiger partial charge in [0.2, 0.25) is 0 Å². The average molecular weight is 395 g/mol. The quantitative estimate of drug-likeness (QED) is 0.507. The summed E-state index contributed by atoms with van der Waals surface area (Å²) in [5, 5.41) is 13.5. The molecule has 1 amide bonds. The SMILES string of the molecule is CN(C)c1ccc(-c2cc(/C=N/NC(=O)c3ccc(O)c(Cl)c3)ccn2)cc1. The third-order valence-electron chi connectivity index (χ3n) is 4.05. The van der Waals surface area contributed by atoms with E-state index in [0.29, 0.717) is 5.56 Å². The third kappa shape index (κ3) is 4.66. The Morgan fingerprint density at radius 1 is 1.14 bits per heavy atom. The number of amides is 1. The highest BCUT2D eigenvalue weighted by molar-refractivity contribution is 6.32. The minimum Gasteiger partial charge on any atom is -0.506 e. The van der Waals surface area contributed by atoms with E-state index in [0.717, 1.165) is 22.5 Å². The number of hydrazone groups is 1. The van der Waals surface area contributed by atoms with Crippen LogP contribution in [-0.2, 0) is 0 Å². The lowest BCUT2D eigenvalue weighted by Gasteiger charge is -2.12. The van der Waals surface area contributed by atoms with Crippen LogP contribution in [0.15, 0.2) is 65.9 Å². The number of nitrogens with zero attached hydrogens (tertiary/aromatic N) is 3. The number of phenols is 1. The largest absolute Gasteiger partial charge is 0.506 e. The second kappa shape index (κ2) is 8.54. The summed E-state index contributed by atoms with van der Waals surface area (Å²) < 4.78 is 0. The molecule has 0 aliphatic heterocycles. The van der Waals surface area contributed by atoms with Crippen LogP contribution >= 0.6 is 11.6 Å². The van der Waals surface area contributed by atoms with Crippen LogP contribution in [0.5, 0.6) is 5.75 Å². The van der Waals surface area contributed by atoms with Gasteiger partial charge in [0.1, 0.15) is 5.75 Å². The van der Waals surface area contributed by atoms with E-state index in [2.05, 4.69) is 15.5 Å². The smallest absolute Gasteiger partial charge is 0.271 e. The molecule has 0 saturated carbocycles. The molecule has 0 atom stereocenters. The molecule has 142 valence electrons. The summed E-state index contributed by atoms with van der Waals surface area (Å²) in [6.45, 7) is 0. The summed E-state index contributed by atoms with van der Waals surface area (Å²) in [5.41, 5.74) is 6.45. The zero-order chi connectivity index (χ0) is 20.1. The van der Waals surface area contributed by atoms with Crippen molar-refractivity contribution in [2.24, 2.45) is 5.10 Å². The predicted octanol–water partition coefficient (Wildman–Crippen LogP) is 3.94. The molecule has 7 heteroatoms. The van der Waals surface area contributed by atoms with Gasteiger partial charge in [-0.3, -0.25) is 9.78 Å². The molecule has 0 spiro atoms. The van der Waals surface area contributed by atoms with E-state index < -0.39 is 5.91 Å². The second-order valence-electron chi connectivity index (χ2n) is 6.28. The van der Waals surface area contributed by atoms with Crippen molar-refractivity contribution >= 4 is 29.4 Å². The summed E-state index contributed by atoms with van der Waals surface area (Å²) in [7, 11) is 3.98. The van der Waals surface area contributed by atoms with Crippen LogP contribution in [0.25, 0.3) is 11.3 Å². The van der Waals surface area contributed by atoms with Crippen molar-refractivity contribution in [2.75, 3.05) is 19.0 Å². The molecule has 0 aliphatic carbocycles. The molecule has 2 N–H and O–H groups in total. The van der Waals surface area contributed by atoms with Crippen molar-refractivity contribution in [1.29, 1.82) is 0 Å². The van der Waals surface area contributed by atoms with Gasteiger partial charge < -0.3 is 10.0 Å². The van der Waals surface area contributed by atoms with Gasteiger partial charge in [0.25, 0.3) is 5.91 Å². The molecular formula is C21H19ClN4O2. The van der Waals surface area contributed by atoms with Crippen LogP contribution in [0.3, 0.4) is 0 Å². The Hall–Kier alpha value is -3.38. The van der Waals surface area contributed by atoms with Gasteiger partial charge in [0, 0.05) is 37.1 Å². The van der Waals surface area contributed by atoms with Crippen LogP contribution in [0.4, 0.5) is 5.69 Å². The predicted molar refractivity (Wildman–Crippen MR) is 112 cm³/mol. The van der Waals surface area contributed by atoms with E-state index in [1.807, 2.05) is 49.3 Å². The summed E-state index contributed by atoms with van der Waals surface area (Å²) in [5.74, 6) is -0.503. The number of phenolic OH excluding ortho intramolecular Hbond substituents is 1. The second-order valence-corrected chi connectivity index (χ2v) is 6.69. The van der Waals surface area contributed by atoms with Crippen LogP contribution < -0.4 is 10.3 Å². The molecule has 0 unspecified atom stereocenters.